The van der Waals surface area contributed by atoms with Crippen LogP contribution in [0.25, 0.3) is 10.9 Å². The third-order valence-electron chi connectivity index (χ3n) is 4.82. The standard InChI is InChI=1S/C21H26N2O3S/c1-2-26-20(25)13-22-19(24)14-27-21-17(11-15-7-3-4-8-15)12-16-9-5-6-10-18(16)23-21/h5-6,9-10,12,15H,2-4,7-8,11,13-14H2,1H3,(H,22,24). The number of thioether (sulfide) groups is 1. The lowest BCUT2D eigenvalue weighted by Crippen LogP contribution is -2.31. The normalized spacial score (nSPS) is 14.4. The molecule has 1 saturated carbocycles. The average molecular weight is 387 g/mol. The molecule has 1 fully saturated rings. The maximum Gasteiger partial charge on any atom is 0.325 e. The number of rotatable bonds is 8. The predicted molar refractivity (Wildman–Crippen MR) is 108 cm³/mol. The van der Waals surface area contributed by atoms with Gasteiger partial charge in [-0.15, -0.1) is 0 Å². The molecule has 1 aromatic carbocycles. The number of para-hydroxylation sites is 1. The maximum absolute atomic E-state index is 12.1. The Kier molecular flexibility index (Phi) is 7.10. The second-order valence-electron chi connectivity index (χ2n) is 6.87. The minimum atomic E-state index is -0.415. The van der Waals surface area contributed by atoms with Gasteiger partial charge in [0.2, 0.25) is 5.91 Å². The van der Waals surface area contributed by atoms with Gasteiger partial charge in [0.1, 0.15) is 11.6 Å². The van der Waals surface area contributed by atoms with Crippen LogP contribution >= 0.6 is 11.8 Å². The Labute approximate surface area is 164 Å². The number of hydrogen-bond donors (Lipinski definition) is 1. The van der Waals surface area contributed by atoms with Gasteiger partial charge in [-0.1, -0.05) is 55.6 Å². The van der Waals surface area contributed by atoms with E-state index < -0.39 is 5.97 Å². The largest absolute Gasteiger partial charge is 0.465 e. The zero-order valence-electron chi connectivity index (χ0n) is 15.7. The van der Waals surface area contributed by atoms with E-state index >= 15 is 0 Å². The molecule has 1 aliphatic carbocycles. The lowest BCUT2D eigenvalue weighted by Gasteiger charge is -2.14. The van der Waals surface area contributed by atoms with E-state index in [1.54, 1.807) is 6.92 Å². The van der Waals surface area contributed by atoms with Crippen LogP contribution in [0.1, 0.15) is 38.2 Å². The zero-order valence-corrected chi connectivity index (χ0v) is 16.5. The van der Waals surface area contributed by atoms with Crippen molar-refractivity contribution in [2.45, 2.75) is 44.1 Å². The van der Waals surface area contributed by atoms with Crippen molar-refractivity contribution >= 4 is 34.5 Å². The van der Waals surface area contributed by atoms with Gasteiger partial charge in [-0.25, -0.2) is 4.98 Å². The molecule has 0 saturated heterocycles. The topological polar surface area (TPSA) is 68.3 Å². The molecule has 3 rings (SSSR count). The first-order valence-electron chi connectivity index (χ1n) is 9.59. The van der Waals surface area contributed by atoms with Crippen LogP contribution in [0.2, 0.25) is 0 Å². The van der Waals surface area contributed by atoms with Gasteiger partial charge in [0, 0.05) is 5.39 Å². The monoisotopic (exact) mass is 386 g/mol. The van der Waals surface area contributed by atoms with Crippen molar-refractivity contribution in [3.8, 4) is 0 Å². The van der Waals surface area contributed by atoms with E-state index in [0.717, 1.165) is 22.3 Å². The van der Waals surface area contributed by atoms with Crippen LogP contribution < -0.4 is 5.32 Å². The molecule has 2 aromatic rings. The van der Waals surface area contributed by atoms with E-state index in [9.17, 15) is 9.59 Å². The first-order chi connectivity index (χ1) is 13.2. The molecule has 144 valence electrons. The number of carbonyl (C=O) groups is 2. The summed E-state index contributed by atoms with van der Waals surface area (Å²) in [7, 11) is 0. The lowest BCUT2D eigenvalue weighted by atomic mass is 9.98. The van der Waals surface area contributed by atoms with E-state index in [0.29, 0.717) is 12.5 Å². The number of fused-ring (bicyclic) bond motifs is 1. The Balaban J connectivity index is 1.67. The van der Waals surface area contributed by atoms with Crippen molar-refractivity contribution in [3.63, 3.8) is 0 Å². The number of esters is 1. The molecule has 1 aliphatic rings. The average Bonchev–Trinajstić information content (AvgIpc) is 3.18. The van der Waals surface area contributed by atoms with Gasteiger partial charge in [-0.3, -0.25) is 9.59 Å². The molecule has 27 heavy (non-hydrogen) atoms. The van der Waals surface area contributed by atoms with Crippen LogP contribution in [-0.4, -0.2) is 35.8 Å². The van der Waals surface area contributed by atoms with Gasteiger partial charge in [-0.2, -0.15) is 0 Å². The number of nitrogens with one attached hydrogen (secondary N) is 1. The van der Waals surface area contributed by atoms with Gasteiger partial charge in [-0.05, 0) is 37.0 Å². The fraction of sp³-hybridized carbons (Fsp3) is 0.476. The Morgan fingerprint density at radius 3 is 2.81 bits per heavy atom. The predicted octanol–water partition coefficient (Wildman–Crippen LogP) is 3.74. The summed E-state index contributed by atoms with van der Waals surface area (Å²) >= 11 is 1.44. The van der Waals surface area contributed by atoms with Crippen molar-refractivity contribution in [3.05, 3.63) is 35.9 Å². The second-order valence-corrected chi connectivity index (χ2v) is 7.83. The number of amides is 1. The van der Waals surface area contributed by atoms with Gasteiger partial charge in [0.15, 0.2) is 0 Å². The summed E-state index contributed by atoms with van der Waals surface area (Å²) in [6.07, 6.45) is 6.19. The molecule has 0 bridgehead atoms. The van der Waals surface area contributed by atoms with E-state index in [1.165, 1.54) is 43.0 Å². The molecule has 6 heteroatoms. The summed E-state index contributed by atoms with van der Waals surface area (Å²) < 4.78 is 4.82. The molecule has 1 amide bonds. The molecule has 0 atom stereocenters. The Hall–Kier alpha value is -2.08. The summed E-state index contributed by atoms with van der Waals surface area (Å²) in [6, 6.07) is 10.3. The highest BCUT2D eigenvalue weighted by atomic mass is 32.2. The summed E-state index contributed by atoms with van der Waals surface area (Å²) in [5.74, 6) is 0.351. The summed E-state index contributed by atoms with van der Waals surface area (Å²) in [5.41, 5.74) is 2.17. The van der Waals surface area contributed by atoms with Gasteiger partial charge >= 0.3 is 5.97 Å². The number of ether oxygens (including phenoxy) is 1. The van der Waals surface area contributed by atoms with E-state index in [1.807, 2.05) is 18.2 Å². The number of pyridine rings is 1. The zero-order chi connectivity index (χ0) is 19.1. The number of benzene rings is 1. The molecular formula is C21H26N2O3S. The van der Waals surface area contributed by atoms with Crippen LogP contribution in [-0.2, 0) is 20.7 Å². The van der Waals surface area contributed by atoms with Gasteiger partial charge in [0.05, 0.1) is 17.9 Å². The minimum absolute atomic E-state index is 0.0900. The Morgan fingerprint density at radius 2 is 2.04 bits per heavy atom. The number of aromatic nitrogens is 1. The van der Waals surface area contributed by atoms with E-state index in [2.05, 4.69) is 17.4 Å². The quantitative estimate of drug-likeness (QED) is 0.553. The maximum atomic E-state index is 12.1. The first-order valence-corrected chi connectivity index (χ1v) is 10.6. The van der Waals surface area contributed by atoms with Crippen molar-refractivity contribution in [2.75, 3.05) is 18.9 Å². The number of nitrogens with zero attached hydrogens (tertiary/aromatic N) is 1. The highest BCUT2D eigenvalue weighted by Crippen LogP contribution is 2.32. The molecule has 5 nitrogen and oxygen atoms in total. The fourth-order valence-corrected chi connectivity index (χ4v) is 4.37. The Morgan fingerprint density at radius 1 is 1.26 bits per heavy atom. The molecule has 1 heterocycles. The second kappa shape index (κ2) is 9.74. The van der Waals surface area contributed by atoms with Crippen molar-refractivity contribution in [1.29, 1.82) is 0 Å². The van der Waals surface area contributed by atoms with Crippen LogP contribution in [0.3, 0.4) is 0 Å². The third-order valence-corrected chi connectivity index (χ3v) is 5.86. The number of carbonyl (C=O) groups excluding carboxylic acids is 2. The van der Waals surface area contributed by atoms with Crippen LogP contribution in [0.5, 0.6) is 0 Å². The molecule has 1 N–H and O–H groups in total. The van der Waals surface area contributed by atoms with Crippen molar-refractivity contribution in [2.24, 2.45) is 5.92 Å². The van der Waals surface area contributed by atoms with Crippen molar-refractivity contribution in [1.82, 2.24) is 10.3 Å². The molecule has 0 spiro atoms. The van der Waals surface area contributed by atoms with Crippen LogP contribution in [0.15, 0.2) is 35.4 Å². The highest BCUT2D eigenvalue weighted by molar-refractivity contribution is 7.99. The molecular weight excluding hydrogens is 360 g/mol. The smallest absolute Gasteiger partial charge is 0.325 e. The first kappa shape index (κ1) is 19.7. The third kappa shape index (κ3) is 5.70. The SMILES string of the molecule is CCOC(=O)CNC(=O)CSc1nc2ccccc2cc1CC1CCCC1. The molecule has 0 radical (unpaired) electrons. The van der Waals surface area contributed by atoms with Gasteiger partial charge in [0.25, 0.3) is 0 Å². The fourth-order valence-electron chi connectivity index (χ4n) is 3.51. The minimum Gasteiger partial charge on any atom is -0.465 e. The van der Waals surface area contributed by atoms with E-state index in [4.69, 9.17) is 9.72 Å². The number of hydrogen-bond acceptors (Lipinski definition) is 5. The van der Waals surface area contributed by atoms with Crippen LogP contribution in [0, 0.1) is 5.92 Å². The summed E-state index contributed by atoms with van der Waals surface area (Å²) in [6.45, 7) is 1.97. The van der Waals surface area contributed by atoms with E-state index in [-0.39, 0.29) is 18.2 Å². The Bertz CT molecular complexity index is 803. The molecule has 0 unspecified atom stereocenters. The summed E-state index contributed by atoms with van der Waals surface area (Å²) in [4.78, 5) is 28.2. The van der Waals surface area contributed by atoms with Gasteiger partial charge < -0.3 is 10.1 Å². The lowest BCUT2D eigenvalue weighted by molar-refractivity contribution is -0.143. The highest BCUT2D eigenvalue weighted by Gasteiger charge is 2.19. The van der Waals surface area contributed by atoms with Crippen LogP contribution in [0.4, 0.5) is 0 Å². The molecule has 1 aromatic heterocycles. The van der Waals surface area contributed by atoms with Crippen molar-refractivity contribution < 1.29 is 14.3 Å². The summed E-state index contributed by atoms with van der Waals surface area (Å²) in [5, 5.41) is 4.67. The molecule has 0 aliphatic heterocycles.